The number of carboxylic acids is 2. The summed E-state index contributed by atoms with van der Waals surface area (Å²) < 4.78 is 0. The van der Waals surface area contributed by atoms with Crippen LogP contribution in [0.2, 0.25) is 0 Å². The van der Waals surface area contributed by atoms with E-state index in [1.807, 2.05) is 0 Å². The van der Waals surface area contributed by atoms with Crippen molar-refractivity contribution in [1.82, 2.24) is 10.6 Å². The summed E-state index contributed by atoms with van der Waals surface area (Å²) in [4.78, 5) is 19.1. The predicted octanol–water partition coefficient (Wildman–Crippen LogP) is -0.473. The quantitative estimate of drug-likeness (QED) is 0.488. The van der Waals surface area contributed by atoms with Crippen LogP contribution in [0.5, 0.6) is 0 Å². The fourth-order valence-electron chi connectivity index (χ4n) is 2.07. The van der Waals surface area contributed by atoms with E-state index in [0.29, 0.717) is 12.2 Å². The molecule has 6 nitrogen and oxygen atoms in total. The van der Waals surface area contributed by atoms with E-state index in [9.17, 15) is 9.59 Å². The Morgan fingerprint density at radius 2 is 1.24 bits per heavy atom. The van der Waals surface area contributed by atoms with Crippen molar-refractivity contribution in [3.63, 3.8) is 0 Å². The number of aliphatic carboxylic acids is 2. The zero-order valence-electron chi connectivity index (χ0n) is 9.56. The second-order valence-corrected chi connectivity index (χ2v) is 4.29. The third-order valence-corrected chi connectivity index (χ3v) is 2.77. The van der Waals surface area contributed by atoms with Crippen molar-refractivity contribution in [1.29, 1.82) is 0 Å². The summed E-state index contributed by atoms with van der Waals surface area (Å²) in [5.41, 5.74) is 0. The van der Waals surface area contributed by atoms with E-state index in [0.717, 1.165) is 11.8 Å². The first-order chi connectivity index (χ1) is 8.08. The minimum atomic E-state index is -1.26. The standard InChI is InChI=1S/C7H14N2.C4H4O4/c1-6-2-8-4-7(1)5-9-3-6;5-3(6)1-2-4(7)8/h6-9H,1-5H2;1-2H,(H,5,6)(H,7,8)/b;2-1+. The second kappa shape index (κ2) is 7.03. The normalized spacial score (nSPS) is 27.1. The van der Waals surface area contributed by atoms with Gasteiger partial charge in [-0.2, -0.15) is 0 Å². The van der Waals surface area contributed by atoms with Crippen LogP contribution < -0.4 is 10.6 Å². The van der Waals surface area contributed by atoms with Crippen molar-refractivity contribution in [2.24, 2.45) is 11.8 Å². The molecular formula is C11H18N2O4. The molecule has 2 heterocycles. The first-order valence-corrected chi connectivity index (χ1v) is 5.63. The SMILES string of the molecule is C1NCC2CNCC1C2.O=C(O)/C=C/C(=O)O. The van der Waals surface area contributed by atoms with E-state index in [2.05, 4.69) is 10.6 Å². The van der Waals surface area contributed by atoms with Crippen LogP contribution in [0.15, 0.2) is 12.2 Å². The molecular weight excluding hydrogens is 224 g/mol. The van der Waals surface area contributed by atoms with Crippen LogP contribution >= 0.6 is 0 Å². The minimum Gasteiger partial charge on any atom is -0.478 e. The van der Waals surface area contributed by atoms with Crippen molar-refractivity contribution < 1.29 is 19.8 Å². The topological polar surface area (TPSA) is 98.7 Å². The zero-order valence-corrected chi connectivity index (χ0v) is 9.56. The summed E-state index contributed by atoms with van der Waals surface area (Å²) >= 11 is 0. The predicted molar refractivity (Wildman–Crippen MR) is 61.7 cm³/mol. The maximum atomic E-state index is 9.55. The molecule has 0 aromatic heterocycles. The van der Waals surface area contributed by atoms with Crippen LogP contribution in [0.3, 0.4) is 0 Å². The highest BCUT2D eigenvalue weighted by molar-refractivity contribution is 5.89. The molecule has 2 aliphatic heterocycles. The highest BCUT2D eigenvalue weighted by Gasteiger charge is 2.24. The minimum absolute atomic E-state index is 0.558. The Morgan fingerprint density at radius 1 is 0.882 bits per heavy atom. The molecule has 4 N–H and O–H groups in total. The molecule has 0 atom stereocenters. The van der Waals surface area contributed by atoms with Gasteiger partial charge in [-0.15, -0.1) is 0 Å². The van der Waals surface area contributed by atoms with Gasteiger partial charge in [0.2, 0.25) is 0 Å². The molecule has 17 heavy (non-hydrogen) atoms. The number of nitrogens with one attached hydrogen (secondary N) is 2. The van der Waals surface area contributed by atoms with Gasteiger partial charge in [0, 0.05) is 12.2 Å². The van der Waals surface area contributed by atoms with Gasteiger partial charge in [0.1, 0.15) is 0 Å². The zero-order chi connectivity index (χ0) is 12.7. The fraction of sp³-hybridized carbons (Fsp3) is 0.636. The summed E-state index contributed by atoms with van der Waals surface area (Å²) in [6.45, 7) is 4.96. The highest BCUT2D eigenvalue weighted by atomic mass is 16.4. The molecule has 96 valence electrons. The Labute approximate surface area is 99.7 Å². The monoisotopic (exact) mass is 242 g/mol. The lowest BCUT2D eigenvalue weighted by molar-refractivity contribution is -0.134. The van der Waals surface area contributed by atoms with Crippen molar-refractivity contribution in [3.8, 4) is 0 Å². The number of hydrogen-bond acceptors (Lipinski definition) is 4. The smallest absolute Gasteiger partial charge is 0.328 e. The van der Waals surface area contributed by atoms with E-state index in [4.69, 9.17) is 10.2 Å². The second-order valence-electron chi connectivity index (χ2n) is 4.29. The van der Waals surface area contributed by atoms with Gasteiger partial charge in [-0.05, 0) is 44.4 Å². The van der Waals surface area contributed by atoms with Crippen molar-refractivity contribution in [2.75, 3.05) is 26.2 Å². The molecule has 2 fully saturated rings. The van der Waals surface area contributed by atoms with Gasteiger partial charge in [-0.3, -0.25) is 0 Å². The molecule has 0 unspecified atom stereocenters. The van der Waals surface area contributed by atoms with Gasteiger partial charge in [-0.1, -0.05) is 0 Å². The molecule has 6 heteroatoms. The lowest BCUT2D eigenvalue weighted by Crippen LogP contribution is -2.49. The lowest BCUT2D eigenvalue weighted by Gasteiger charge is -2.35. The summed E-state index contributed by atoms with van der Waals surface area (Å²) in [5, 5.41) is 22.5. The third-order valence-electron chi connectivity index (χ3n) is 2.77. The van der Waals surface area contributed by atoms with Crippen LogP contribution in [-0.4, -0.2) is 48.3 Å². The number of carbonyl (C=O) groups is 2. The number of fused-ring (bicyclic) bond motifs is 2. The lowest BCUT2D eigenvalue weighted by atomic mass is 9.87. The maximum absolute atomic E-state index is 9.55. The van der Waals surface area contributed by atoms with Crippen LogP contribution in [0.25, 0.3) is 0 Å². The molecule has 0 spiro atoms. The van der Waals surface area contributed by atoms with E-state index in [1.165, 1.54) is 32.6 Å². The third kappa shape index (κ3) is 6.03. The molecule has 0 aliphatic carbocycles. The van der Waals surface area contributed by atoms with Gasteiger partial charge < -0.3 is 20.8 Å². The molecule has 2 bridgehead atoms. The number of rotatable bonds is 2. The number of hydrogen-bond donors (Lipinski definition) is 4. The fourth-order valence-corrected chi connectivity index (χ4v) is 2.07. The number of carboxylic acid groups (broad SMARTS) is 2. The first-order valence-electron chi connectivity index (χ1n) is 5.63. The first kappa shape index (κ1) is 13.7. The summed E-state index contributed by atoms with van der Waals surface area (Å²) in [6, 6.07) is 0. The Bertz CT molecular complexity index is 268. The van der Waals surface area contributed by atoms with Crippen LogP contribution in [0, 0.1) is 11.8 Å². The van der Waals surface area contributed by atoms with Crippen molar-refractivity contribution >= 4 is 11.9 Å². The van der Waals surface area contributed by atoms with Crippen molar-refractivity contribution in [2.45, 2.75) is 6.42 Å². The van der Waals surface area contributed by atoms with Crippen LogP contribution in [0.4, 0.5) is 0 Å². The molecule has 2 saturated heterocycles. The van der Waals surface area contributed by atoms with E-state index >= 15 is 0 Å². The van der Waals surface area contributed by atoms with Crippen LogP contribution in [-0.2, 0) is 9.59 Å². The molecule has 0 saturated carbocycles. The maximum Gasteiger partial charge on any atom is 0.328 e. The van der Waals surface area contributed by atoms with Gasteiger partial charge in [0.05, 0.1) is 0 Å². The van der Waals surface area contributed by atoms with Gasteiger partial charge >= 0.3 is 11.9 Å². The summed E-state index contributed by atoms with van der Waals surface area (Å²) in [5.74, 6) is -0.658. The number of piperidine rings is 2. The highest BCUT2D eigenvalue weighted by Crippen LogP contribution is 2.18. The summed E-state index contributed by atoms with van der Waals surface area (Å²) in [6.07, 6.45) is 2.57. The van der Waals surface area contributed by atoms with Gasteiger partial charge in [0.25, 0.3) is 0 Å². The Morgan fingerprint density at radius 3 is 1.47 bits per heavy atom. The van der Waals surface area contributed by atoms with E-state index in [-0.39, 0.29) is 0 Å². The van der Waals surface area contributed by atoms with Gasteiger partial charge in [0.15, 0.2) is 0 Å². The largest absolute Gasteiger partial charge is 0.478 e. The summed E-state index contributed by atoms with van der Waals surface area (Å²) in [7, 11) is 0. The molecule has 2 rings (SSSR count). The molecule has 2 aliphatic rings. The van der Waals surface area contributed by atoms with Gasteiger partial charge in [-0.25, -0.2) is 9.59 Å². The average Bonchev–Trinajstić information content (AvgIpc) is 2.27. The Kier molecular flexibility index (Phi) is 5.65. The molecule has 0 aromatic rings. The molecule has 0 aromatic carbocycles. The Balaban J connectivity index is 0.000000172. The van der Waals surface area contributed by atoms with E-state index in [1.54, 1.807) is 0 Å². The van der Waals surface area contributed by atoms with Crippen molar-refractivity contribution in [3.05, 3.63) is 12.2 Å². The molecule has 0 amide bonds. The van der Waals surface area contributed by atoms with Crippen LogP contribution in [0.1, 0.15) is 6.42 Å². The Hall–Kier alpha value is -1.40. The molecule has 0 radical (unpaired) electrons. The average molecular weight is 242 g/mol. The van der Waals surface area contributed by atoms with E-state index < -0.39 is 11.9 Å².